The van der Waals surface area contributed by atoms with Crippen molar-refractivity contribution in [3.8, 4) is 0 Å². The average Bonchev–Trinajstić information content (AvgIpc) is 2.63. The second-order valence-electron chi connectivity index (χ2n) is 6.43. The number of sulfonamides is 1. The summed E-state index contributed by atoms with van der Waals surface area (Å²) in [5.41, 5.74) is 1.87. The van der Waals surface area contributed by atoms with Gasteiger partial charge in [0.15, 0.2) is 0 Å². The number of halogens is 1. The quantitative estimate of drug-likeness (QED) is 0.852. The number of hydrogen-bond acceptors (Lipinski definition) is 3. The lowest BCUT2D eigenvalue weighted by atomic mass is 10.1. The first kappa shape index (κ1) is 18.9. The molecule has 0 radical (unpaired) electrons. The largest absolute Gasteiger partial charge is 0.322 e. The normalized spacial score (nSPS) is 15.6. The fourth-order valence-corrected chi connectivity index (χ4v) is 4.81. The molecule has 0 saturated carbocycles. The number of benzene rings is 2. The molecule has 0 atom stereocenters. The van der Waals surface area contributed by atoms with E-state index in [0.29, 0.717) is 29.4 Å². The average molecular weight is 393 g/mol. The van der Waals surface area contributed by atoms with Crippen LogP contribution in [-0.2, 0) is 10.0 Å². The summed E-state index contributed by atoms with van der Waals surface area (Å²) in [6.07, 6.45) is 2.86. The first-order valence-electron chi connectivity index (χ1n) is 8.55. The number of carbonyl (C=O) groups is 1. The van der Waals surface area contributed by atoms with Crippen molar-refractivity contribution in [2.24, 2.45) is 0 Å². The molecule has 0 aliphatic carbocycles. The topological polar surface area (TPSA) is 66.5 Å². The Morgan fingerprint density at radius 3 is 2.31 bits per heavy atom. The minimum atomic E-state index is -3.47. The van der Waals surface area contributed by atoms with E-state index in [1.807, 2.05) is 13.0 Å². The van der Waals surface area contributed by atoms with Gasteiger partial charge in [-0.3, -0.25) is 4.79 Å². The van der Waals surface area contributed by atoms with Crippen molar-refractivity contribution in [3.63, 3.8) is 0 Å². The number of nitrogens with one attached hydrogen (secondary N) is 1. The highest BCUT2D eigenvalue weighted by Gasteiger charge is 2.25. The lowest BCUT2D eigenvalue weighted by Gasteiger charge is -2.25. The molecule has 1 saturated heterocycles. The van der Waals surface area contributed by atoms with Crippen molar-refractivity contribution in [2.45, 2.75) is 31.1 Å². The van der Waals surface area contributed by atoms with Gasteiger partial charge in [-0.1, -0.05) is 24.1 Å². The molecule has 1 N–H and O–H groups in total. The van der Waals surface area contributed by atoms with Crippen LogP contribution in [0.25, 0.3) is 0 Å². The fourth-order valence-electron chi connectivity index (χ4n) is 2.97. The van der Waals surface area contributed by atoms with Gasteiger partial charge in [0.05, 0.1) is 15.5 Å². The SMILES string of the molecule is Cc1ccc(C(=O)Nc2ccc(S(=O)(=O)N3CCCCC3)cc2)c(Cl)c1. The Balaban J connectivity index is 1.74. The molecule has 2 aromatic carbocycles. The predicted molar refractivity (Wildman–Crippen MR) is 103 cm³/mol. The maximum absolute atomic E-state index is 12.6. The van der Waals surface area contributed by atoms with Crippen molar-refractivity contribution in [2.75, 3.05) is 18.4 Å². The zero-order valence-corrected chi connectivity index (χ0v) is 16.1. The molecule has 0 bridgehead atoms. The Kier molecular flexibility index (Phi) is 5.65. The molecule has 26 heavy (non-hydrogen) atoms. The molecule has 1 fully saturated rings. The van der Waals surface area contributed by atoms with Gasteiger partial charge in [-0.25, -0.2) is 8.42 Å². The van der Waals surface area contributed by atoms with E-state index in [1.165, 1.54) is 16.4 Å². The smallest absolute Gasteiger partial charge is 0.257 e. The standard InChI is InChI=1S/C19H21ClN2O3S/c1-14-5-10-17(18(20)13-14)19(23)21-15-6-8-16(9-7-15)26(24,25)22-11-3-2-4-12-22/h5-10,13H,2-4,11-12H2,1H3,(H,21,23). The first-order chi connectivity index (χ1) is 12.4. The first-order valence-corrected chi connectivity index (χ1v) is 10.4. The maximum Gasteiger partial charge on any atom is 0.257 e. The molecule has 0 unspecified atom stereocenters. The molecule has 1 amide bonds. The highest BCUT2D eigenvalue weighted by Crippen LogP contribution is 2.23. The summed E-state index contributed by atoms with van der Waals surface area (Å²) in [6, 6.07) is 11.4. The minimum absolute atomic E-state index is 0.241. The fraction of sp³-hybridized carbons (Fsp3) is 0.316. The predicted octanol–water partition coefficient (Wildman–Crippen LogP) is 4.08. The number of aryl methyl sites for hydroxylation is 1. The van der Waals surface area contributed by atoms with Crippen molar-refractivity contribution in [1.82, 2.24) is 4.31 Å². The van der Waals surface area contributed by atoms with Crippen molar-refractivity contribution >= 4 is 33.2 Å². The van der Waals surface area contributed by atoms with Gasteiger partial charge < -0.3 is 5.32 Å². The number of amides is 1. The van der Waals surface area contributed by atoms with Crippen LogP contribution in [-0.4, -0.2) is 31.7 Å². The number of anilines is 1. The van der Waals surface area contributed by atoms with Crippen LogP contribution in [0.5, 0.6) is 0 Å². The number of piperidine rings is 1. The van der Waals surface area contributed by atoms with Gasteiger partial charge in [-0.2, -0.15) is 4.31 Å². The Morgan fingerprint density at radius 2 is 1.69 bits per heavy atom. The summed E-state index contributed by atoms with van der Waals surface area (Å²) < 4.78 is 26.8. The molecule has 1 heterocycles. The third-order valence-electron chi connectivity index (χ3n) is 4.43. The van der Waals surface area contributed by atoms with Gasteiger partial charge >= 0.3 is 0 Å². The monoisotopic (exact) mass is 392 g/mol. The number of nitrogens with zero attached hydrogens (tertiary/aromatic N) is 1. The zero-order valence-electron chi connectivity index (χ0n) is 14.5. The number of hydrogen-bond donors (Lipinski definition) is 1. The maximum atomic E-state index is 12.6. The summed E-state index contributed by atoms with van der Waals surface area (Å²) in [5, 5.41) is 3.13. The van der Waals surface area contributed by atoms with Crippen LogP contribution in [0.2, 0.25) is 5.02 Å². The summed E-state index contributed by atoms with van der Waals surface area (Å²) in [6.45, 7) is 3.02. The van der Waals surface area contributed by atoms with Crippen LogP contribution in [0.1, 0.15) is 35.2 Å². The third-order valence-corrected chi connectivity index (χ3v) is 6.66. The van der Waals surface area contributed by atoms with Gasteiger partial charge in [-0.05, 0) is 61.7 Å². The van der Waals surface area contributed by atoms with Crippen LogP contribution in [0.4, 0.5) is 5.69 Å². The Hall–Kier alpha value is -1.89. The highest BCUT2D eigenvalue weighted by molar-refractivity contribution is 7.89. The van der Waals surface area contributed by atoms with E-state index in [2.05, 4.69) is 5.32 Å². The van der Waals surface area contributed by atoms with Gasteiger partial charge in [-0.15, -0.1) is 0 Å². The third kappa shape index (κ3) is 4.09. The second-order valence-corrected chi connectivity index (χ2v) is 8.77. The van der Waals surface area contributed by atoms with E-state index in [0.717, 1.165) is 24.8 Å². The summed E-state index contributed by atoms with van der Waals surface area (Å²) in [4.78, 5) is 12.6. The van der Waals surface area contributed by atoms with E-state index >= 15 is 0 Å². The number of carbonyl (C=O) groups excluding carboxylic acids is 1. The van der Waals surface area contributed by atoms with Crippen LogP contribution in [0, 0.1) is 6.92 Å². The molecule has 3 rings (SSSR count). The summed E-state index contributed by atoms with van der Waals surface area (Å²) in [5.74, 6) is -0.332. The minimum Gasteiger partial charge on any atom is -0.322 e. The molecule has 1 aliphatic rings. The molecular weight excluding hydrogens is 372 g/mol. The van der Waals surface area contributed by atoms with Crippen LogP contribution >= 0.6 is 11.6 Å². The zero-order chi connectivity index (χ0) is 18.7. The van der Waals surface area contributed by atoms with Crippen molar-refractivity contribution < 1.29 is 13.2 Å². The summed E-state index contributed by atoms with van der Waals surface area (Å²) in [7, 11) is -3.47. The summed E-state index contributed by atoms with van der Waals surface area (Å²) >= 11 is 6.12. The molecule has 7 heteroatoms. The lowest BCUT2D eigenvalue weighted by Crippen LogP contribution is -2.35. The Bertz CT molecular complexity index is 905. The van der Waals surface area contributed by atoms with Gasteiger partial charge in [0.1, 0.15) is 0 Å². The second kappa shape index (κ2) is 7.78. The number of rotatable bonds is 4. The van der Waals surface area contributed by atoms with Gasteiger partial charge in [0.25, 0.3) is 5.91 Å². The molecule has 2 aromatic rings. The Labute approximate surface area is 159 Å². The molecule has 0 spiro atoms. The van der Waals surface area contributed by atoms with E-state index in [9.17, 15) is 13.2 Å². The van der Waals surface area contributed by atoms with Crippen LogP contribution < -0.4 is 5.32 Å². The molecule has 1 aliphatic heterocycles. The van der Waals surface area contributed by atoms with Gasteiger partial charge in [0.2, 0.25) is 10.0 Å². The van der Waals surface area contributed by atoms with E-state index < -0.39 is 10.0 Å². The molecule has 5 nitrogen and oxygen atoms in total. The lowest BCUT2D eigenvalue weighted by molar-refractivity contribution is 0.102. The van der Waals surface area contributed by atoms with E-state index in [4.69, 9.17) is 11.6 Å². The Morgan fingerprint density at radius 1 is 1.04 bits per heavy atom. The van der Waals surface area contributed by atoms with Gasteiger partial charge in [0, 0.05) is 18.8 Å². The van der Waals surface area contributed by atoms with Crippen molar-refractivity contribution in [3.05, 3.63) is 58.6 Å². The molecular formula is C19H21ClN2O3S. The van der Waals surface area contributed by atoms with E-state index in [1.54, 1.807) is 24.3 Å². The van der Waals surface area contributed by atoms with Crippen LogP contribution in [0.3, 0.4) is 0 Å². The van der Waals surface area contributed by atoms with Crippen LogP contribution in [0.15, 0.2) is 47.4 Å². The molecule has 0 aromatic heterocycles. The van der Waals surface area contributed by atoms with E-state index in [-0.39, 0.29) is 10.8 Å². The highest BCUT2D eigenvalue weighted by atomic mass is 35.5. The molecule has 138 valence electrons. The van der Waals surface area contributed by atoms with Crippen molar-refractivity contribution in [1.29, 1.82) is 0 Å².